The minimum atomic E-state index is 0.913. The van der Waals surface area contributed by atoms with Crippen LogP contribution in [0.1, 0.15) is 5.69 Å². The van der Waals surface area contributed by atoms with Crippen LogP contribution in [-0.4, -0.2) is 19.1 Å². The second-order valence-electron chi connectivity index (χ2n) is 11.9. The van der Waals surface area contributed by atoms with Crippen molar-refractivity contribution in [2.24, 2.45) is 0 Å². The molecule has 10 aromatic rings. The molecule has 0 saturated carbocycles. The minimum Gasteiger partial charge on any atom is -0.309 e. The number of nitrogens with zero attached hydrogens (tertiary/aromatic N) is 4. The summed E-state index contributed by atoms with van der Waals surface area (Å²) in [4.78, 5) is 9.96. The van der Waals surface area contributed by atoms with Crippen molar-refractivity contribution in [2.45, 2.75) is 6.92 Å². The molecule has 3 aromatic heterocycles. The van der Waals surface area contributed by atoms with E-state index in [0.717, 1.165) is 44.3 Å². The lowest BCUT2D eigenvalue weighted by Crippen LogP contribution is -1.97. The van der Waals surface area contributed by atoms with E-state index in [1.807, 2.05) is 13.1 Å². The van der Waals surface area contributed by atoms with Crippen LogP contribution < -0.4 is 0 Å². The van der Waals surface area contributed by atoms with Gasteiger partial charge in [-0.2, -0.15) is 0 Å². The van der Waals surface area contributed by atoms with Gasteiger partial charge in [-0.15, -0.1) is 0 Å². The summed E-state index contributed by atoms with van der Waals surface area (Å²) in [5.41, 5.74) is 9.84. The van der Waals surface area contributed by atoms with E-state index in [4.69, 9.17) is 9.97 Å². The van der Waals surface area contributed by atoms with E-state index in [1.165, 1.54) is 49.0 Å². The monoisotopic (exact) mass is 574 g/mol. The van der Waals surface area contributed by atoms with Crippen LogP contribution in [0.2, 0.25) is 0 Å². The molecule has 4 heteroatoms. The van der Waals surface area contributed by atoms with E-state index in [2.05, 4.69) is 143 Å². The van der Waals surface area contributed by atoms with Crippen molar-refractivity contribution < 1.29 is 0 Å². The predicted molar refractivity (Wildman–Crippen MR) is 188 cm³/mol. The first-order valence-corrected chi connectivity index (χ1v) is 15.3. The van der Waals surface area contributed by atoms with Gasteiger partial charge < -0.3 is 9.13 Å². The Hall–Kier alpha value is -6.00. The Bertz CT molecular complexity index is 2730. The summed E-state index contributed by atoms with van der Waals surface area (Å²) in [6, 6.07) is 48.3. The van der Waals surface area contributed by atoms with Gasteiger partial charge in [-0.25, -0.2) is 4.98 Å². The van der Waals surface area contributed by atoms with Crippen molar-refractivity contribution in [3.63, 3.8) is 0 Å². The molecule has 0 aliphatic heterocycles. The van der Waals surface area contributed by atoms with E-state index < -0.39 is 0 Å². The first-order valence-electron chi connectivity index (χ1n) is 15.3. The van der Waals surface area contributed by atoms with Gasteiger partial charge in [0.05, 0.1) is 38.8 Å². The summed E-state index contributed by atoms with van der Waals surface area (Å²) >= 11 is 0. The molecule has 0 saturated heterocycles. The summed E-state index contributed by atoms with van der Waals surface area (Å²) < 4.78 is 4.77. The van der Waals surface area contributed by atoms with Crippen molar-refractivity contribution >= 4 is 76.2 Å². The van der Waals surface area contributed by atoms with Crippen molar-refractivity contribution in [3.05, 3.63) is 145 Å². The molecule has 0 aliphatic rings. The zero-order valence-corrected chi connectivity index (χ0v) is 24.6. The molecule has 45 heavy (non-hydrogen) atoms. The van der Waals surface area contributed by atoms with Crippen LogP contribution in [0.25, 0.3) is 87.6 Å². The maximum Gasteiger partial charge on any atom is 0.0974 e. The molecule has 0 aliphatic carbocycles. The zero-order valence-electron chi connectivity index (χ0n) is 24.6. The molecule has 0 bridgehead atoms. The number of hydrogen-bond donors (Lipinski definition) is 0. The van der Waals surface area contributed by atoms with Crippen LogP contribution in [0, 0.1) is 6.92 Å². The third-order valence-corrected chi connectivity index (χ3v) is 9.38. The van der Waals surface area contributed by atoms with E-state index in [0.29, 0.717) is 0 Å². The average Bonchev–Trinajstić information content (AvgIpc) is 3.61. The second kappa shape index (κ2) is 9.01. The SMILES string of the molecule is Cc1cnc2c3ccc(-n4c5ccccc5c5ccccc54)cc3c3cc(-n4c5ccccc5c5ccccc54)ccc3c2n1. The van der Waals surface area contributed by atoms with Crippen LogP contribution in [0.4, 0.5) is 0 Å². The maximum absolute atomic E-state index is 5.03. The van der Waals surface area contributed by atoms with Gasteiger partial charge in [0.25, 0.3) is 0 Å². The van der Waals surface area contributed by atoms with E-state index in [1.54, 1.807) is 0 Å². The average molecular weight is 575 g/mol. The molecular formula is C41H26N4. The first kappa shape index (κ1) is 24.4. The molecule has 0 amide bonds. The molecule has 0 spiro atoms. The van der Waals surface area contributed by atoms with Gasteiger partial charge >= 0.3 is 0 Å². The molecule has 0 radical (unpaired) electrons. The molecule has 4 nitrogen and oxygen atoms in total. The van der Waals surface area contributed by atoms with Crippen molar-refractivity contribution in [1.29, 1.82) is 0 Å². The lowest BCUT2D eigenvalue weighted by Gasteiger charge is -2.15. The zero-order chi connectivity index (χ0) is 29.6. The number of para-hydroxylation sites is 4. The standard InChI is InChI=1S/C41H26N4/c1-25-24-42-40-32-20-18-26(44-36-14-6-2-10-28(36)29-11-3-7-15-37(29)44)22-34(32)35-23-27(19-21-33(35)41(40)43-25)45-38-16-8-4-12-30(38)31-13-5-9-17-39(31)45/h2-24H,1H3. The molecular weight excluding hydrogens is 548 g/mol. The van der Waals surface area contributed by atoms with Gasteiger partial charge in [0.1, 0.15) is 0 Å². The van der Waals surface area contributed by atoms with Gasteiger partial charge in [-0.05, 0) is 66.2 Å². The Kier molecular flexibility index (Phi) is 4.89. The summed E-state index contributed by atoms with van der Waals surface area (Å²) in [6.45, 7) is 2.01. The fourth-order valence-corrected chi connectivity index (χ4v) is 7.46. The summed E-state index contributed by atoms with van der Waals surface area (Å²) in [6.07, 6.45) is 1.88. The molecule has 0 unspecified atom stereocenters. The van der Waals surface area contributed by atoms with Crippen molar-refractivity contribution in [1.82, 2.24) is 19.1 Å². The molecule has 3 heterocycles. The van der Waals surface area contributed by atoms with Gasteiger partial charge in [0.15, 0.2) is 0 Å². The van der Waals surface area contributed by atoms with Gasteiger partial charge in [-0.3, -0.25) is 4.98 Å². The van der Waals surface area contributed by atoms with Crippen LogP contribution >= 0.6 is 0 Å². The highest BCUT2D eigenvalue weighted by molar-refractivity contribution is 6.24. The van der Waals surface area contributed by atoms with E-state index in [-0.39, 0.29) is 0 Å². The number of fused-ring (bicyclic) bond motifs is 12. The van der Waals surface area contributed by atoms with Crippen LogP contribution in [-0.2, 0) is 0 Å². The maximum atomic E-state index is 5.03. The molecule has 7 aromatic carbocycles. The Morgan fingerprint density at radius 1 is 0.400 bits per heavy atom. The van der Waals surface area contributed by atoms with Crippen molar-refractivity contribution in [2.75, 3.05) is 0 Å². The number of aryl methyl sites for hydroxylation is 1. The number of rotatable bonds is 2. The molecule has 0 atom stereocenters. The highest BCUT2D eigenvalue weighted by atomic mass is 15.0. The Balaban J connectivity index is 1.34. The Labute approximate surface area is 258 Å². The van der Waals surface area contributed by atoms with E-state index in [9.17, 15) is 0 Å². The smallest absolute Gasteiger partial charge is 0.0974 e. The highest BCUT2D eigenvalue weighted by Crippen LogP contribution is 2.39. The van der Waals surface area contributed by atoms with E-state index >= 15 is 0 Å². The highest BCUT2D eigenvalue weighted by Gasteiger charge is 2.17. The Morgan fingerprint density at radius 2 is 0.800 bits per heavy atom. The molecule has 210 valence electrons. The summed E-state index contributed by atoms with van der Waals surface area (Å²) in [5.74, 6) is 0. The topological polar surface area (TPSA) is 35.6 Å². The van der Waals surface area contributed by atoms with Crippen LogP contribution in [0.3, 0.4) is 0 Å². The fraction of sp³-hybridized carbons (Fsp3) is 0.0244. The minimum absolute atomic E-state index is 0.913. The van der Waals surface area contributed by atoms with Crippen molar-refractivity contribution in [3.8, 4) is 11.4 Å². The normalized spacial score (nSPS) is 12.1. The third-order valence-electron chi connectivity index (χ3n) is 9.38. The lowest BCUT2D eigenvalue weighted by atomic mass is 9.98. The first-order chi connectivity index (χ1) is 22.2. The lowest BCUT2D eigenvalue weighted by molar-refractivity contribution is 1.18. The van der Waals surface area contributed by atoms with Crippen LogP contribution in [0.15, 0.2) is 140 Å². The quantitative estimate of drug-likeness (QED) is 0.193. The van der Waals surface area contributed by atoms with Gasteiger partial charge in [0.2, 0.25) is 0 Å². The molecule has 0 fully saturated rings. The fourth-order valence-electron chi connectivity index (χ4n) is 7.46. The summed E-state index contributed by atoms with van der Waals surface area (Å²) in [7, 11) is 0. The largest absolute Gasteiger partial charge is 0.309 e. The number of hydrogen-bond acceptors (Lipinski definition) is 2. The molecule has 0 N–H and O–H groups in total. The van der Waals surface area contributed by atoms with Gasteiger partial charge in [-0.1, -0.05) is 84.9 Å². The second-order valence-corrected chi connectivity index (χ2v) is 11.9. The van der Waals surface area contributed by atoms with Gasteiger partial charge in [0, 0.05) is 49.9 Å². The number of benzene rings is 7. The Morgan fingerprint density at radius 3 is 1.24 bits per heavy atom. The third kappa shape index (κ3) is 3.36. The molecule has 10 rings (SSSR count). The van der Waals surface area contributed by atoms with Crippen LogP contribution in [0.5, 0.6) is 0 Å². The predicted octanol–water partition coefficient (Wildman–Crippen LogP) is 10.4. The number of aromatic nitrogens is 4. The summed E-state index contributed by atoms with van der Waals surface area (Å²) in [5, 5.41) is 9.57.